The Labute approximate surface area is 120 Å². The first-order valence-electron chi connectivity index (χ1n) is 7.04. The number of aromatic nitrogens is 2. The minimum absolute atomic E-state index is 0.0750. The predicted octanol–water partition coefficient (Wildman–Crippen LogP) is 2.92. The summed E-state index contributed by atoms with van der Waals surface area (Å²) < 4.78 is 7.62. The van der Waals surface area contributed by atoms with Crippen LogP contribution in [0.2, 0.25) is 0 Å². The lowest BCUT2D eigenvalue weighted by molar-refractivity contribution is 0.410. The second-order valence-electron chi connectivity index (χ2n) is 4.93. The third-order valence-electron chi connectivity index (χ3n) is 3.52. The smallest absolute Gasteiger partial charge is 0.130 e. The molecule has 0 radical (unpaired) electrons. The number of nitrogens with one attached hydrogen (secondary N) is 1. The first kappa shape index (κ1) is 14.6. The van der Waals surface area contributed by atoms with Crippen LogP contribution in [0.5, 0.6) is 5.75 Å². The fourth-order valence-electron chi connectivity index (χ4n) is 2.47. The third kappa shape index (κ3) is 2.85. The van der Waals surface area contributed by atoms with Gasteiger partial charge in [0.1, 0.15) is 11.6 Å². The van der Waals surface area contributed by atoms with E-state index in [1.54, 1.807) is 7.11 Å². The molecular formula is C16H23N3O. The van der Waals surface area contributed by atoms with Crippen LogP contribution in [0.4, 0.5) is 0 Å². The normalized spacial score (nSPS) is 12.4. The molecule has 0 spiro atoms. The van der Waals surface area contributed by atoms with Gasteiger partial charge in [0.15, 0.2) is 0 Å². The zero-order valence-electron chi connectivity index (χ0n) is 12.7. The van der Waals surface area contributed by atoms with Crippen molar-refractivity contribution in [1.82, 2.24) is 14.9 Å². The minimum atomic E-state index is 0.0750. The molecule has 0 amide bonds. The zero-order chi connectivity index (χ0) is 14.5. The van der Waals surface area contributed by atoms with Gasteiger partial charge < -0.3 is 14.6 Å². The maximum atomic E-state index is 5.42. The highest BCUT2D eigenvalue weighted by Gasteiger charge is 2.18. The molecule has 1 N–H and O–H groups in total. The summed E-state index contributed by atoms with van der Waals surface area (Å²) in [5, 5.41) is 3.35. The Morgan fingerprint density at radius 1 is 1.40 bits per heavy atom. The van der Waals surface area contributed by atoms with Crippen LogP contribution >= 0.6 is 0 Å². The number of ether oxygens (including phenoxy) is 1. The quantitative estimate of drug-likeness (QED) is 0.879. The predicted molar refractivity (Wildman–Crippen MR) is 81.2 cm³/mol. The van der Waals surface area contributed by atoms with Crippen LogP contribution in [0.15, 0.2) is 30.6 Å². The van der Waals surface area contributed by atoms with Gasteiger partial charge in [0.2, 0.25) is 0 Å². The summed E-state index contributed by atoms with van der Waals surface area (Å²) in [4.78, 5) is 4.52. The van der Waals surface area contributed by atoms with E-state index < -0.39 is 0 Å². The van der Waals surface area contributed by atoms with E-state index in [0.717, 1.165) is 30.1 Å². The standard InChI is InChI=1S/C16H23N3O/c1-5-9-19-10-8-18-16(19)15(17-3)13-7-6-12(2)14(11-13)20-4/h6-8,10-11,15,17H,5,9H2,1-4H3. The lowest BCUT2D eigenvalue weighted by atomic mass is 10.0. The number of methoxy groups -OCH3 is 1. The molecule has 0 aliphatic carbocycles. The molecule has 1 atom stereocenters. The largest absolute Gasteiger partial charge is 0.496 e. The third-order valence-corrected chi connectivity index (χ3v) is 3.52. The van der Waals surface area contributed by atoms with Gasteiger partial charge in [-0.15, -0.1) is 0 Å². The van der Waals surface area contributed by atoms with Gasteiger partial charge in [-0.05, 0) is 37.6 Å². The number of benzene rings is 1. The summed E-state index contributed by atoms with van der Waals surface area (Å²) in [5.41, 5.74) is 2.31. The number of hydrogen-bond donors (Lipinski definition) is 1. The van der Waals surface area contributed by atoms with Gasteiger partial charge in [-0.2, -0.15) is 0 Å². The molecule has 4 heteroatoms. The Balaban J connectivity index is 2.39. The number of nitrogens with zero attached hydrogens (tertiary/aromatic N) is 2. The van der Waals surface area contributed by atoms with E-state index in [1.807, 2.05) is 19.4 Å². The molecule has 0 aliphatic heterocycles. The molecule has 1 aromatic carbocycles. The molecule has 4 nitrogen and oxygen atoms in total. The molecule has 108 valence electrons. The Morgan fingerprint density at radius 2 is 2.20 bits per heavy atom. The van der Waals surface area contributed by atoms with Gasteiger partial charge in [0.25, 0.3) is 0 Å². The molecule has 0 aliphatic rings. The molecular weight excluding hydrogens is 250 g/mol. The fraction of sp³-hybridized carbons (Fsp3) is 0.438. The van der Waals surface area contributed by atoms with Crippen molar-refractivity contribution in [3.05, 3.63) is 47.5 Å². The second-order valence-corrected chi connectivity index (χ2v) is 4.93. The Morgan fingerprint density at radius 3 is 2.85 bits per heavy atom. The van der Waals surface area contributed by atoms with E-state index in [1.165, 1.54) is 5.56 Å². The maximum Gasteiger partial charge on any atom is 0.130 e. The SMILES string of the molecule is CCCn1ccnc1C(NC)c1ccc(C)c(OC)c1. The van der Waals surface area contributed by atoms with Crippen molar-refractivity contribution in [2.45, 2.75) is 32.9 Å². The van der Waals surface area contributed by atoms with Gasteiger partial charge in [-0.25, -0.2) is 4.98 Å². The molecule has 0 saturated heterocycles. The van der Waals surface area contributed by atoms with Crippen LogP contribution < -0.4 is 10.1 Å². The number of hydrogen-bond acceptors (Lipinski definition) is 3. The average Bonchev–Trinajstić information content (AvgIpc) is 2.90. The Kier molecular flexibility index (Phi) is 4.79. The number of aryl methyl sites for hydroxylation is 2. The highest BCUT2D eigenvalue weighted by atomic mass is 16.5. The summed E-state index contributed by atoms with van der Waals surface area (Å²) in [6.45, 7) is 5.21. The molecule has 2 aromatic rings. The second kappa shape index (κ2) is 6.57. The van der Waals surface area contributed by atoms with Crippen molar-refractivity contribution in [2.75, 3.05) is 14.2 Å². The summed E-state index contributed by atoms with van der Waals surface area (Å²) in [6, 6.07) is 6.38. The first-order chi connectivity index (χ1) is 9.71. The van der Waals surface area contributed by atoms with Gasteiger partial charge in [-0.3, -0.25) is 0 Å². The first-order valence-corrected chi connectivity index (χ1v) is 7.04. The monoisotopic (exact) mass is 273 g/mol. The lowest BCUT2D eigenvalue weighted by Gasteiger charge is -2.19. The molecule has 1 unspecified atom stereocenters. The van der Waals surface area contributed by atoms with E-state index in [2.05, 4.69) is 46.9 Å². The molecule has 2 rings (SSSR count). The lowest BCUT2D eigenvalue weighted by Crippen LogP contribution is -2.22. The molecule has 0 bridgehead atoms. The van der Waals surface area contributed by atoms with Crippen molar-refractivity contribution in [3.63, 3.8) is 0 Å². The van der Waals surface area contributed by atoms with Crippen LogP contribution in [0.3, 0.4) is 0 Å². The van der Waals surface area contributed by atoms with Crippen molar-refractivity contribution in [2.24, 2.45) is 0 Å². The van der Waals surface area contributed by atoms with Gasteiger partial charge in [0.05, 0.1) is 13.2 Å². The topological polar surface area (TPSA) is 39.1 Å². The minimum Gasteiger partial charge on any atom is -0.496 e. The number of rotatable bonds is 6. The molecule has 0 saturated carbocycles. The number of imidazole rings is 1. The van der Waals surface area contributed by atoms with E-state index >= 15 is 0 Å². The van der Waals surface area contributed by atoms with Crippen molar-refractivity contribution in [1.29, 1.82) is 0 Å². The molecule has 1 heterocycles. The highest BCUT2D eigenvalue weighted by Crippen LogP contribution is 2.26. The fourth-order valence-corrected chi connectivity index (χ4v) is 2.47. The van der Waals surface area contributed by atoms with E-state index in [4.69, 9.17) is 4.74 Å². The van der Waals surface area contributed by atoms with Crippen LogP contribution in [0, 0.1) is 6.92 Å². The zero-order valence-corrected chi connectivity index (χ0v) is 12.7. The molecule has 1 aromatic heterocycles. The molecule has 20 heavy (non-hydrogen) atoms. The summed E-state index contributed by atoms with van der Waals surface area (Å²) in [7, 11) is 3.67. The summed E-state index contributed by atoms with van der Waals surface area (Å²) >= 11 is 0. The Bertz CT molecular complexity index is 563. The van der Waals surface area contributed by atoms with Crippen molar-refractivity contribution >= 4 is 0 Å². The van der Waals surface area contributed by atoms with Crippen molar-refractivity contribution < 1.29 is 4.74 Å². The van der Waals surface area contributed by atoms with E-state index in [0.29, 0.717) is 0 Å². The molecule has 0 fully saturated rings. The maximum absolute atomic E-state index is 5.42. The van der Waals surface area contributed by atoms with Crippen LogP contribution in [0.1, 0.15) is 36.3 Å². The summed E-state index contributed by atoms with van der Waals surface area (Å²) in [6.07, 6.45) is 4.99. The Hall–Kier alpha value is -1.81. The average molecular weight is 273 g/mol. The van der Waals surface area contributed by atoms with E-state index in [9.17, 15) is 0 Å². The van der Waals surface area contributed by atoms with Crippen LogP contribution in [0.25, 0.3) is 0 Å². The van der Waals surface area contributed by atoms with Gasteiger partial charge in [0, 0.05) is 18.9 Å². The highest BCUT2D eigenvalue weighted by molar-refractivity contribution is 5.39. The van der Waals surface area contributed by atoms with Crippen LogP contribution in [-0.2, 0) is 6.54 Å². The van der Waals surface area contributed by atoms with Crippen molar-refractivity contribution in [3.8, 4) is 5.75 Å². The van der Waals surface area contributed by atoms with Crippen LogP contribution in [-0.4, -0.2) is 23.7 Å². The van der Waals surface area contributed by atoms with Gasteiger partial charge in [-0.1, -0.05) is 19.1 Å². The van der Waals surface area contributed by atoms with E-state index in [-0.39, 0.29) is 6.04 Å². The van der Waals surface area contributed by atoms with Gasteiger partial charge >= 0.3 is 0 Å². The summed E-state index contributed by atoms with van der Waals surface area (Å²) in [5.74, 6) is 1.96.